The molecule has 2 aliphatic rings. The number of amides is 1. The maximum absolute atomic E-state index is 12.7. The van der Waals surface area contributed by atoms with E-state index in [0.717, 1.165) is 48.3 Å². The second-order valence-corrected chi connectivity index (χ2v) is 10.3. The lowest BCUT2D eigenvalue weighted by Crippen LogP contribution is -2.37. The predicted octanol–water partition coefficient (Wildman–Crippen LogP) is 3.76. The fourth-order valence-electron chi connectivity index (χ4n) is 5.19. The van der Waals surface area contributed by atoms with Gasteiger partial charge in [0.15, 0.2) is 0 Å². The fourth-order valence-corrected chi connectivity index (χ4v) is 6.48. The molecule has 34 heavy (non-hydrogen) atoms. The molecule has 180 valence electrons. The predicted molar refractivity (Wildman–Crippen MR) is 135 cm³/mol. The molecule has 3 aromatic rings. The number of aromatic amines is 1. The van der Waals surface area contributed by atoms with Crippen molar-refractivity contribution in [3.63, 3.8) is 0 Å². The molecule has 3 heterocycles. The molecule has 2 aromatic heterocycles. The Morgan fingerprint density at radius 2 is 1.94 bits per heavy atom. The van der Waals surface area contributed by atoms with E-state index in [9.17, 15) is 9.59 Å². The number of hydrogen-bond donors (Lipinski definition) is 2. The van der Waals surface area contributed by atoms with Crippen molar-refractivity contribution in [1.82, 2.24) is 20.2 Å². The number of carbonyl (C=O) groups is 1. The normalized spacial score (nSPS) is 17.0. The monoisotopic (exact) mass is 480 g/mol. The van der Waals surface area contributed by atoms with Crippen molar-refractivity contribution < 1.29 is 9.53 Å². The van der Waals surface area contributed by atoms with E-state index in [1.165, 1.54) is 35.3 Å². The Hall–Kier alpha value is -2.71. The van der Waals surface area contributed by atoms with Gasteiger partial charge in [-0.1, -0.05) is 12.1 Å². The van der Waals surface area contributed by atoms with Gasteiger partial charge < -0.3 is 15.0 Å². The maximum Gasteiger partial charge on any atom is 0.259 e. The average molecular weight is 481 g/mol. The summed E-state index contributed by atoms with van der Waals surface area (Å²) >= 11 is 1.64. The van der Waals surface area contributed by atoms with Crippen LogP contribution in [0.2, 0.25) is 0 Å². The third kappa shape index (κ3) is 4.88. The van der Waals surface area contributed by atoms with Gasteiger partial charge in [-0.2, -0.15) is 0 Å². The van der Waals surface area contributed by atoms with Crippen LogP contribution in [0.15, 0.2) is 29.1 Å². The van der Waals surface area contributed by atoms with Crippen LogP contribution in [0.3, 0.4) is 0 Å². The molecule has 0 radical (unpaired) electrons. The molecule has 0 bridgehead atoms. The van der Waals surface area contributed by atoms with Gasteiger partial charge in [-0.15, -0.1) is 11.3 Å². The molecule has 2 N–H and O–H groups in total. The summed E-state index contributed by atoms with van der Waals surface area (Å²) in [6, 6.07) is 8.25. The zero-order valence-electron chi connectivity index (χ0n) is 19.7. The number of nitrogens with one attached hydrogen (secondary N) is 2. The van der Waals surface area contributed by atoms with Crippen LogP contribution in [0, 0.1) is 0 Å². The van der Waals surface area contributed by atoms with Crippen LogP contribution in [0.1, 0.15) is 60.0 Å². The third-order valence-corrected chi connectivity index (χ3v) is 8.22. The van der Waals surface area contributed by atoms with Crippen LogP contribution in [0.25, 0.3) is 10.2 Å². The Morgan fingerprint density at radius 3 is 2.71 bits per heavy atom. The van der Waals surface area contributed by atoms with Gasteiger partial charge in [-0.25, -0.2) is 4.98 Å². The lowest BCUT2D eigenvalue weighted by molar-refractivity contribution is -0.121. The molecule has 1 saturated heterocycles. The summed E-state index contributed by atoms with van der Waals surface area (Å²) in [7, 11) is 1.67. The first-order chi connectivity index (χ1) is 16.6. The van der Waals surface area contributed by atoms with Crippen LogP contribution in [-0.4, -0.2) is 47.5 Å². The molecular weight excluding hydrogens is 448 g/mol. The molecule has 0 spiro atoms. The highest BCUT2D eigenvalue weighted by Gasteiger charge is 2.24. The lowest BCUT2D eigenvalue weighted by atomic mass is 9.97. The molecule has 0 saturated carbocycles. The molecule has 8 heteroatoms. The van der Waals surface area contributed by atoms with E-state index in [4.69, 9.17) is 9.72 Å². The molecule has 7 nitrogen and oxygen atoms in total. The standard InChI is InChI=1S/C26H32N4O3S/c1-33-18-10-8-17(9-11-18)20(30-14-4-5-15-30)16-27-23(31)13-12-22-28-25(32)24-19-6-2-3-7-21(19)34-26(24)29-22/h8-11,20H,2-7,12-16H2,1H3,(H,27,31)(H,28,29,32). The summed E-state index contributed by atoms with van der Waals surface area (Å²) in [6.45, 7) is 2.65. The number of rotatable bonds is 8. The van der Waals surface area contributed by atoms with Crippen LogP contribution >= 0.6 is 11.3 Å². The second-order valence-electron chi connectivity index (χ2n) is 9.24. The largest absolute Gasteiger partial charge is 0.497 e. The summed E-state index contributed by atoms with van der Waals surface area (Å²) in [5.74, 6) is 1.40. The number of hydrogen-bond acceptors (Lipinski definition) is 6. The number of aromatic nitrogens is 2. The van der Waals surface area contributed by atoms with Gasteiger partial charge in [0.25, 0.3) is 5.56 Å². The van der Waals surface area contributed by atoms with Crippen LogP contribution in [0.4, 0.5) is 0 Å². The average Bonchev–Trinajstić information content (AvgIpc) is 3.51. The molecule has 1 aliphatic carbocycles. The number of fused-ring (bicyclic) bond motifs is 3. The third-order valence-electron chi connectivity index (χ3n) is 7.04. The van der Waals surface area contributed by atoms with Crippen LogP contribution in [-0.2, 0) is 24.1 Å². The van der Waals surface area contributed by atoms with E-state index in [-0.39, 0.29) is 17.5 Å². The Bertz CT molecular complexity index is 1210. The Balaban J connectivity index is 1.22. The number of likely N-dealkylation sites (tertiary alicyclic amines) is 1. The first kappa shape index (κ1) is 23.1. The van der Waals surface area contributed by atoms with Crippen molar-refractivity contribution in [2.75, 3.05) is 26.7 Å². The number of thiophene rings is 1. The summed E-state index contributed by atoms with van der Waals surface area (Å²) in [5, 5.41) is 3.88. The van der Waals surface area contributed by atoms with Gasteiger partial charge in [-0.3, -0.25) is 14.5 Å². The fraction of sp³-hybridized carbons (Fsp3) is 0.500. The number of benzene rings is 1. The molecule has 1 unspecified atom stereocenters. The molecule has 1 aromatic carbocycles. The van der Waals surface area contributed by atoms with Crippen molar-refractivity contribution in [1.29, 1.82) is 0 Å². The summed E-state index contributed by atoms with van der Waals surface area (Å²) in [4.78, 5) is 37.6. The zero-order chi connectivity index (χ0) is 23.5. The van der Waals surface area contributed by atoms with E-state index in [1.54, 1.807) is 18.4 Å². The van der Waals surface area contributed by atoms with Crippen molar-refractivity contribution in [2.45, 2.75) is 57.4 Å². The van der Waals surface area contributed by atoms with Crippen molar-refractivity contribution in [3.8, 4) is 5.75 Å². The maximum atomic E-state index is 12.7. The highest BCUT2D eigenvalue weighted by Crippen LogP contribution is 2.33. The van der Waals surface area contributed by atoms with E-state index < -0.39 is 0 Å². The number of ether oxygens (including phenoxy) is 1. The van der Waals surface area contributed by atoms with Crippen LogP contribution < -0.4 is 15.6 Å². The van der Waals surface area contributed by atoms with Crippen molar-refractivity contribution >= 4 is 27.5 Å². The molecule has 1 atom stereocenters. The van der Waals surface area contributed by atoms with Crippen LogP contribution in [0.5, 0.6) is 5.75 Å². The Morgan fingerprint density at radius 1 is 1.18 bits per heavy atom. The zero-order valence-corrected chi connectivity index (χ0v) is 20.5. The number of aryl methyl sites for hydroxylation is 3. The Kier molecular flexibility index (Phi) is 6.97. The number of methoxy groups -OCH3 is 1. The summed E-state index contributed by atoms with van der Waals surface area (Å²) in [6.07, 6.45) is 7.43. The highest BCUT2D eigenvalue weighted by atomic mass is 32.1. The number of nitrogens with zero attached hydrogens (tertiary/aromatic N) is 2. The molecule has 1 aliphatic heterocycles. The molecular formula is C26H32N4O3S. The van der Waals surface area contributed by atoms with E-state index in [0.29, 0.717) is 25.2 Å². The second kappa shape index (κ2) is 10.3. The van der Waals surface area contributed by atoms with Crippen molar-refractivity contribution in [3.05, 3.63) is 56.4 Å². The van der Waals surface area contributed by atoms with E-state index in [2.05, 4.69) is 27.3 Å². The van der Waals surface area contributed by atoms with Gasteiger partial charge in [0.1, 0.15) is 16.4 Å². The molecule has 1 amide bonds. The number of carbonyl (C=O) groups excluding carboxylic acids is 1. The van der Waals surface area contributed by atoms with E-state index in [1.807, 2.05) is 12.1 Å². The Labute approximate surface area is 203 Å². The van der Waals surface area contributed by atoms with E-state index >= 15 is 0 Å². The highest BCUT2D eigenvalue weighted by molar-refractivity contribution is 7.18. The SMILES string of the molecule is COc1ccc(C(CNC(=O)CCc2nc3sc4c(c3c(=O)[nH]2)CCCC4)N2CCCC2)cc1. The topological polar surface area (TPSA) is 87.3 Å². The van der Waals surface area contributed by atoms with Gasteiger partial charge in [0.2, 0.25) is 5.91 Å². The molecule has 5 rings (SSSR count). The molecule has 1 fully saturated rings. The summed E-state index contributed by atoms with van der Waals surface area (Å²) in [5.41, 5.74) is 2.31. The minimum absolute atomic E-state index is 0.0223. The van der Waals surface area contributed by atoms with Gasteiger partial charge in [0.05, 0.1) is 18.5 Å². The summed E-state index contributed by atoms with van der Waals surface area (Å²) < 4.78 is 5.29. The minimum atomic E-state index is -0.0617. The van der Waals surface area contributed by atoms with Gasteiger partial charge >= 0.3 is 0 Å². The minimum Gasteiger partial charge on any atom is -0.497 e. The van der Waals surface area contributed by atoms with Gasteiger partial charge in [-0.05, 0) is 74.9 Å². The number of H-pyrrole nitrogens is 1. The smallest absolute Gasteiger partial charge is 0.259 e. The van der Waals surface area contributed by atoms with Gasteiger partial charge in [0, 0.05) is 24.3 Å². The quantitative estimate of drug-likeness (QED) is 0.513. The first-order valence-electron chi connectivity index (χ1n) is 12.3. The van der Waals surface area contributed by atoms with Crippen molar-refractivity contribution in [2.24, 2.45) is 0 Å². The first-order valence-corrected chi connectivity index (χ1v) is 13.1. The lowest BCUT2D eigenvalue weighted by Gasteiger charge is -2.28.